The van der Waals surface area contributed by atoms with Crippen LogP contribution in [0.25, 0.3) is 6.08 Å². The first-order valence-corrected chi connectivity index (χ1v) is 6.76. The summed E-state index contributed by atoms with van der Waals surface area (Å²) in [5.74, 6) is 0. The van der Waals surface area contributed by atoms with Crippen molar-refractivity contribution in [2.45, 2.75) is 4.90 Å². The smallest absolute Gasteiger partial charge is 0.258 e. The molecular formula is C14H11NO3S. The fraction of sp³-hybridized carbons (Fsp3) is 0. The molecule has 5 heteroatoms. The van der Waals surface area contributed by atoms with Crippen molar-refractivity contribution in [2.75, 3.05) is 0 Å². The Morgan fingerprint density at radius 3 is 2.21 bits per heavy atom. The Morgan fingerprint density at radius 1 is 1.00 bits per heavy atom. The van der Waals surface area contributed by atoms with Gasteiger partial charge >= 0.3 is 0 Å². The van der Waals surface area contributed by atoms with Crippen LogP contribution in [0.2, 0.25) is 0 Å². The fourth-order valence-corrected chi connectivity index (χ4v) is 2.34. The molecule has 0 aliphatic rings. The van der Waals surface area contributed by atoms with Gasteiger partial charge < -0.3 is 0 Å². The first kappa shape index (κ1) is 13.2. The number of nitrogens with zero attached hydrogens (tertiary/aromatic N) is 1. The molecule has 0 bridgehead atoms. The van der Waals surface area contributed by atoms with E-state index in [1.165, 1.54) is 12.1 Å². The lowest BCUT2D eigenvalue weighted by atomic mass is 10.2. The van der Waals surface area contributed by atoms with Gasteiger partial charge in [-0.1, -0.05) is 18.2 Å². The second kappa shape index (κ2) is 6.06. The maximum absolute atomic E-state index is 11.9. The van der Waals surface area contributed by atoms with Crippen molar-refractivity contribution in [3.05, 3.63) is 75.7 Å². The van der Waals surface area contributed by atoms with Crippen molar-refractivity contribution in [3.8, 4) is 0 Å². The lowest BCUT2D eigenvalue weighted by Crippen LogP contribution is -1.87. The number of nitro groups is 1. The van der Waals surface area contributed by atoms with Crippen LogP contribution in [-0.4, -0.2) is 9.13 Å². The number of hydrogen-bond acceptors (Lipinski definition) is 3. The topological polar surface area (TPSA) is 60.2 Å². The van der Waals surface area contributed by atoms with Crippen LogP contribution in [0.1, 0.15) is 5.56 Å². The lowest BCUT2D eigenvalue weighted by Gasteiger charge is -1.96. The van der Waals surface area contributed by atoms with Gasteiger partial charge in [0, 0.05) is 22.4 Å². The van der Waals surface area contributed by atoms with E-state index in [1.807, 2.05) is 18.2 Å². The van der Waals surface area contributed by atoms with Gasteiger partial charge in [-0.2, -0.15) is 0 Å². The molecule has 1 unspecified atom stereocenters. The van der Waals surface area contributed by atoms with Crippen molar-refractivity contribution in [1.82, 2.24) is 0 Å². The molecule has 0 amide bonds. The Bertz CT molecular complexity index is 621. The Labute approximate surface area is 113 Å². The summed E-state index contributed by atoms with van der Waals surface area (Å²) in [6.07, 6.45) is 1.69. The highest BCUT2D eigenvalue weighted by molar-refractivity contribution is 7.88. The van der Waals surface area contributed by atoms with Crippen molar-refractivity contribution in [1.29, 1.82) is 0 Å². The van der Waals surface area contributed by atoms with Gasteiger partial charge in [0.2, 0.25) is 0 Å². The van der Waals surface area contributed by atoms with Crippen molar-refractivity contribution >= 4 is 22.6 Å². The molecule has 96 valence electrons. The average molecular weight is 273 g/mol. The minimum atomic E-state index is -1.21. The Balaban J connectivity index is 2.10. The van der Waals surface area contributed by atoms with E-state index < -0.39 is 15.7 Å². The van der Waals surface area contributed by atoms with E-state index in [1.54, 1.807) is 35.7 Å². The first-order valence-electron chi connectivity index (χ1n) is 5.55. The normalized spacial score (nSPS) is 12.4. The summed E-state index contributed by atoms with van der Waals surface area (Å²) in [4.78, 5) is 10.8. The molecule has 2 aromatic rings. The minimum absolute atomic E-state index is 0.0429. The number of hydrogen-bond donors (Lipinski definition) is 0. The number of rotatable bonds is 4. The second-order valence-electron chi connectivity index (χ2n) is 3.76. The van der Waals surface area contributed by atoms with Gasteiger partial charge in [-0.25, -0.2) is 4.21 Å². The van der Waals surface area contributed by atoms with Gasteiger partial charge in [-0.3, -0.25) is 10.1 Å². The van der Waals surface area contributed by atoms with E-state index in [2.05, 4.69) is 0 Å². The van der Waals surface area contributed by atoms with Gasteiger partial charge in [0.05, 0.1) is 15.7 Å². The van der Waals surface area contributed by atoms with Crippen LogP contribution in [0.3, 0.4) is 0 Å². The molecule has 2 aromatic carbocycles. The standard InChI is InChI=1S/C14H11NO3S/c16-15(17)13-8-6-12(7-9-13)10-11-19(18)14-4-2-1-3-5-14/h1-11H. The summed E-state index contributed by atoms with van der Waals surface area (Å²) >= 11 is 0. The highest BCUT2D eigenvalue weighted by atomic mass is 32.2. The lowest BCUT2D eigenvalue weighted by molar-refractivity contribution is -0.384. The maximum atomic E-state index is 11.9. The molecule has 0 spiro atoms. The largest absolute Gasteiger partial charge is 0.269 e. The van der Waals surface area contributed by atoms with E-state index >= 15 is 0 Å². The van der Waals surface area contributed by atoms with Crippen LogP contribution in [0.4, 0.5) is 5.69 Å². The Kier molecular flexibility index (Phi) is 4.20. The molecule has 0 radical (unpaired) electrons. The minimum Gasteiger partial charge on any atom is -0.258 e. The van der Waals surface area contributed by atoms with Crippen LogP contribution in [-0.2, 0) is 10.8 Å². The predicted molar refractivity (Wildman–Crippen MR) is 75.0 cm³/mol. The molecule has 0 aliphatic carbocycles. The van der Waals surface area contributed by atoms with E-state index in [-0.39, 0.29) is 5.69 Å². The van der Waals surface area contributed by atoms with Crippen molar-refractivity contribution in [2.24, 2.45) is 0 Å². The Hall–Kier alpha value is -2.27. The van der Waals surface area contributed by atoms with E-state index in [4.69, 9.17) is 0 Å². The SMILES string of the molecule is O=[N+]([O-])c1ccc(C=CS(=O)c2ccccc2)cc1. The number of benzene rings is 2. The molecule has 0 fully saturated rings. The summed E-state index contributed by atoms with van der Waals surface area (Å²) in [5.41, 5.74) is 0.816. The number of non-ortho nitro benzene ring substituents is 1. The van der Waals surface area contributed by atoms with Crippen LogP contribution >= 0.6 is 0 Å². The molecule has 4 nitrogen and oxygen atoms in total. The average Bonchev–Trinajstić information content (AvgIpc) is 2.46. The molecule has 0 saturated carbocycles. The van der Waals surface area contributed by atoms with Gasteiger partial charge in [0.15, 0.2) is 0 Å². The van der Waals surface area contributed by atoms with E-state index in [9.17, 15) is 14.3 Å². The number of nitro benzene ring substituents is 1. The Morgan fingerprint density at radius 2 is 1.63 bits per heavy atom. The highest BCUT2D eigenvalue weighted by Crippen LogP contribution is 2.14. The third-order valence-electron chi connectivity index (χ3n) is 2.46. The molecule has 0 heterocycles. The van der Waals surface area contributed by atoms with E-state index in [0.29, 0.717) is 0 Å². The third kappa shape index (κ3) is 3.59. The van der Waals surface area contributed by atoms with E-state index in [0.717, 1.165) is 10.5 Å². The summed E-state index contributed by atoms with van der Waals surface area (Å²) in [5, 5.41) is 12.1. The summed E-state index contributed by atoms with van der Waals surface area (Å²) < 4.78 is 11.9. The first-order chi connectivity index (χ1) is 9.16. The van der Waals surface area contributed by atoms with Crippen LogP contribution < -0.4 is 0 Å². The second-order valence-corrected chi connectivity index (χ2v) is 5.10. The van der Waals surface area contributed by atoms with Gasteiger partial charge in [-0.15, -0.1) is 0 Å². The van der Waals surface area contributed by atoms with Gasteiger partial charge in [0.1, 0.15) is 0 Å². The zero-order valence-electron chi connectivity index (χ0n) is 9.93. The molecular weight excluding hydrogens is 262 g/mol. The zero-order chi connectivity index (χ0) is 13.7. The zero-order valence-corrected chi connectivity index (χ0v) is 10.7. The molecule has 19 heavy (non-hydrogen) atoms. The van der Waals surface area contributed by atoms with Crippen LogP contribution in [0.15, 0.2) is 64.9 Å². The summed E-state index contributed by atoms with van der Waals surface area (Å²) in [7, 11) is -1.21. The predicted octanol–water partition coefficient (Wildman–Crippen LogP) is 3.37. The van der Waals surface area contributed by atoms with Crippen LogP contribution in [0, 0.1) is 10.1 Å². The summed E-state index contributed by atoms with van der Waals surface area (Å²) in [6, 6.07) is 15.2. The van der Waals surface area contributed by atoms with Gasteiger partial charge in [0.25, 0.3) is 5.69 Å². The maximum Gasteiger partial charge on any atom is 0.269 e. The fourth-order valence-electron chi connectivity index (χ4n) is 1.48. The summed E-state index contributed by atoms with van der Waals surface area (Å²) in [6.45, 7) is 0. The molecule has 0 aliphatic heterocycles. The molecule has 0 N–H and O–H groups in total. The monoisotopic (exact) mass is 273 g/mol. The van der Waals surface area contributed by atoms with Crippen molar-refractivity contribution < 1.29 is 9.13 Å². The van der Waals surface area contributed by atoms with Gasteiger partial charge in [-0.05, 0) is 35.9 Å². The molecule has 0 aromatic heterocycles. The highest BCUT2D eigenvalue weighted by Gasteiger charge is 2.02. The molecule has 2 rings (SSSR count). The quantitative estimate of drug-likeness (QED) is 0.633. The molecule has 0 saturated heterocycles. The third-order valence-corrected chi connectivity index (χ3v) is 3.58. The molecule has 1 atom stereocenters. The van der Waals surface area contributed by atoms with Crippen LogP contribution in [0.5, 0.6) is 0 Å². The van der Waals surface area contributed by atoms with Crippen molar-refractivity contribution in [3.63, 3.8) is 0 Å².